The highest BCUT2D eigenvalue weighted by Gasteiger charge is 2.04. The van der Waals surface area contributed by atoms with E-state index in [1.807, 2.05) is 29.2 Å². The third-order valence-electron chi connectivity index (χ3n) is 3.78. The van der Waals surface area contributed by atoms with E-state index in [0.717, 1.165) is 37.1 Å². The lowest BCUT2D eigenvalue weighted by atomic mass is 10.1. The maximum absolute atomic E-state index is 4.73. The van der Waals surface area contributed by atoms with Gasteiger partial charge in [-0.3, -0.25) is 0 Å². The molecule has 0 saturated heterocycles. The van der Waals surface area contributed by atoms with Crippen molar-refractivity contribution in [1.82, 2.24) is 20.2 Å². The minimum absolute atomic E-state index is 0.633. The number of para-hydroxylation sites is 1. The molecular formula is C19H29N5. The predicted molar refractivity (Wildman–Crippen MR) is 100 cm³/mol. The average molecular weight is 327 g/mol. The fourth-order valence-electron chi connectivity index (χ4n) is 2.52. The lowest BCUT2D eigenvalue weighted by Crippen LogP contribution is -2.37. The number of guanidine groups is 1. The van der Waals surface area contributed by atoms with Gasteiger partial charge in [0.25, 0.3) is 0 Å². The van der Waals surface area contributed by atoms with Gasteiger partial charge in [-0.1, -0.05) is 32.0 Å². The zero-order chi connectivity index (χ0) is 17.2. The van der Waals surface area contributed by atoms with Gasteiger partial charge < -0.3 is 15.2 Å². The number of hydrogen-bond acceptors (Lipinski definition) is 2. The summed E-state index contributed by atoms with van der Waals surface area (Å²) >= 11 is 0. The van der Waals surface area contributed by atoms with E-state index in [4.69, 9.17) is 4.99 Å². The zero-order valence-corrected chi connectivity index (χ0v) is 15.0. The fourth-order valence-corrected chi connectivity index (χ4v) is 2.52. The minimum Gasteiger partial charge on any atom is -0.357 e. The molecule has 2 N–H and O–H groups in total. The molecule has 2 aromatic rings. The van der Waals surface area contributed by atoms with Gasteiger partial charge in [0.2, 0.25) is 0 Å². The van der Waals surface area contributed by atoms with E-state index in [1.165, 1.54) is 12.0 Å². The predicted octanol–water partition coefficient (Wildman–Crippen LogP) is 3.36. The number of rotatable bonds is 8. The first-order valence-corrected chi connectivity index (χ1v) is 8.79. The molecule has 5 heteroatoms. The topological polar surface area (TPSA) is 54.2 Å². The van der Waals surface area contributed by atoms with Gasteiger partial charge in [0.1, 0.15) is 0 Å². The largest absolute Gasteiger partial charge is 0.357 e. The van der Waals surface area contributed by atoms with E-state index in [2.05, 4.69) is 48.5 Å². The van der Waals surface area contributed by atoms with Crippen LogP contribution in [0, 0.1) is 5.92 Å². The van der Waals surface area contributed by atoms with Crippen molar-refractivity contribution in [2.24, 2.45) is 10.9 Å². The van der Waals surface area contributed by atoms with Crippen LogP contribution in [0.25, 0.3) is 5.69 Å². The van der Waals surface area contributed by atoms with Crippen LogP contribution in [0.2, 0.25) is 0 Å². The zero-order valence-electron chi connectivity index (χ0n) is 15.0. The van der Waals surface area contributed by atoms with Crippen LogP contribution >= 0.6 is 0 Å². The van der Waals surface area contributed by atoms with Crippen LogP contribution in [-0.2, 0) is 6.54 Å². The Morgan fingerprint density at radius 1 is 1.25 bits per heavy atom. The van der Waals surface area contributed by atoms with E-state index >= 15 is 0 Å². The molecule has 0 radical (unpaired) electrons. The molecule has 0 atom stereocenters. The van der Waals surface area contributed by atoms with Crippen molar-refractivity contribution in [2.75, 3.05) is 13.1 Å². The summed E-state index contributed by atoms with van der Waals surface area (Å²) in [5.74, 6) is 1.62. The van der Waals surface area contributed by atoms with Gasteiger partial charge in [-0.05, 0) is 37.3 Å². The summed E-state index contributed by atoms with van der Waals surface area (Å²) in [4.78, 5) is 8.86. The van der Waals surface area contributed by atoms with Crippen LogP contribution in [0.3, 0.4) is 0 Å². The van der Waals surface area contributed by atoms with E-state index in [9.17, 15) is 0 Å². The summed E-state index contributed by atoms with van der Waals surface area (Å²) in [5.41, 5.74) is 2.30. The van der Waals surface area contributed by atoms with Gasteiger partial charge in [-0.15, -0.1) is 0 Å². The monoisotopic (exact) mass is 327 g/mol. The number of nitrogens with one attached hydrogen (secondary N) is 2. The highest BCUT2D eigenvalue weighted by molar-refractivity contribution is 5.79. The second kappa shape index (κ2) is 9.75. The van der Waals surface area contributed by atoms with Gasteiger partial charge in [-0.2, -0.15) is 0 Å². The third kappa shape index (κ3) is 5.72. The molecule has 0 saturated carbocycles. The molecule has 130 valence electrons. The van der Waals surface area contributed by atoms with Gasteiger partial charge in [0.15, 0.2) is 5.96 Å². The molecular weight excluding hydrogens is 298 g/mol. The Balaban J connectivity index is 2.01. The first kappa shape index (κ1) is 18.0. The molecule has 24 heavy (non-hydrogen) atoms. The Morgan fingerprint density at radius 3 is 2.79 bits per heavy atom. The summed E-state index contributed by atoms with van der Waals surface area (Å²) in [7, 11) is 0. The van der Waals surface area contributed by atoms with Gasteiger partial charge >= 0.3 is 0 Å². The molecule has 0 bridgehead atoms. The van der Waals surface area contributed by atoms with Crippen LogP contribution in [0.4, 0.5) is 0 Å². The molecule has 1 aromatic heterocycles. The first-order valence-electron chi connectivity index (χ1n) is 8.79. The summed E-state index contributed by atoms with van der Waals surface area (Å²) in [6, 6.07) is 8.29. The quantitative estimate of drug-likeness (QED) is 0.444. The Hall–Kier alpha value is -2.30. The van der Waals surface area contributed by atoms with Crippen molar-refractivity contribution in [1.29, 1.82) is 0 Å². The van der Waals surface area contributed by atoms with Crippen LogP contribution in [0.15, 0.2) is 48.0 Å². The molecule has 1 aromatic carbocycles. The number of aromatic nitrogens is 2. The Bertz CT molecular complexity index is 616. The average Bonchev–Trinajstić information content (AvgIpc) is 3.11. The number of nitrogens with zero attached hydrogens (tertiary/aromatic N) is 3. The van der Waals surface area contributed by atoms with Crippen LogP contribution in [0.1, 0.15) is 39.2 Å². The van der Waals surface area contributed by atoms with E-state index in [0.29, 0.717) is 6.54 Å². The van der Waals surface area contributed by atoms with Crippen molar-refractivity contribution in [3.8, 4) is 5.69 Å². The highest BCUT2D eigenvalue weighted by atomic mass is 15.2. The summed E-state index contributed by atoms with van der Waals surface area (Å²) in [6.45, 7) is 9.05. The standard InChI is InChI=1S/C19H29N5/c1-4-21-19(22-11-7-8-16(2)3)23-14-17-9-5-6-10-18(17)24-13-12-20-15-24/h5-6,9-10,12-13,15-16H,4,7-8,11,14H2,1-3H3,(H2,21,22,23). The molecule has 0 aliphatic carbocycles. The Morgan fingerprint density at radius 2 is 2.08 bits per heavy atom. The lowest BCUT2D eigenvalue weighted by molar-refractivity contribution is 0.549. The Kier molecular flexibility index (Phi) is 7.33. The van der Waals surface area contributed by atoms with Crippen LogP contribution in [-0.4, -0.2) is 28.6 Å². The molecule has 0 amide bonds. The molecule has 0 fully saturated rings. The SMILES string of the molecule is CCNC(=NCc1ccccc1-n1ccnc1)NCCCC(C)C. The molecule has 0 aliphatic rings. The third-order valence-corrected chi connectivity index (χ3v) is 3.78. The van der Waals surface area contributed by atoms with E-state index in [1.54, 1.807) is 6.20 Å². The van der Waals surface area contributed by atoms with E-state index < -0.39 is 0 Å². The number of hydrogen-bond donors (Lipinski definition) is 2. The molecule has 0 unspecified atom stereocenters. The normalized spacial score (nSPS) is 11.8. The maximum Gasteiger partial charge on any atom is 0.191 e. The smallest absolute Gasteiger partial charge is 0.191 e. The van der Waals surface area contributed by atoms with Crippen molar-refractivity contribution >= 4 is 5.96 Å². The van der Waals surface area contributed by atoms with E-state index in [-0.39, 0.29) is 0 Å². The molecule has 0 aliphatic heterocycles. The number of imidazole rings is 1. The maximum atomic E-state index is 4.73. The van der Waals surface area contributed by atoms with Gasteiger partial charge in [-0.25, -0.2) is 9.98 Å². The highest BCUT2D eigenvalue weighted by Crippen LogP contribution is 2.15. The van der Waals surface area contributed by atoms with Crippen LogP contribution < -0.4 is 10.6 Å². The fraction of sp³-hybridized carbons (Fsp3) is 0.474. The summed E-state index contributed by atoms with van der Waals surface area (Å²) < 4.78 is 2.02. The van der Waals surface area contributed by atoms with Crippen molar-refractivity contribution in [3.05, 3.63) is 48.5 Å². The van der Waals surface area contributed by atoms with Gasteiger partial charge in [0, 0.05) is 25.5 Å². The van der Waals surface area contributed by atoms with Crippen molar-refractivity contribution < 1.29 is 0 Å². The molecule has 0 spiro atoms. The van der Waals surface area contributed by atoms with Crippen LogP contribution in [0.5, 0.6) is 0 Å². The molecule has 2 rings (SSSR count). The Labute approximate surface area is 145 Å². The minimum atomic E-state index is 0.633. The lowest BCUT2D eigenvalue weighted by Gasteiger charge is -2.13. The summed E-state index contributed by atoms with van der Waals surface area (Å²) in [5, 5.41) is 6.74. The van der Waals surface area contributed by atoms with Gasteiger partial charge in [0.05, 0.1) is 18.6 Å². The first-order chi connectivity index (χ1) is 11.7. The second-order valence-corrected chi connectivity index (χ2v) is 6.26. The number of benzene rings is 1. The van der Waals surface area contributed by atoms with Crippen molar-refractivity contribution in [2.45, 2.75) is 40.2 Å². The number of aliphatic imine (C=N–C) groups is 1. The molecule has 1 heterocycles. The summed E-state index contributed by atoms with van der Waals surface area (Å²) in [6.07, 6.45) is 7.96. The van der Waals surface area contributed by atoms with Crippen molar-refractivity contribution in [3.63, 3.8) is 0 Å². The molecule has 5 nitrogen and oxygen atoms in total. The second-order valence-electron chi connectivity index (χ2n) is 6.26.